The smallest absolute Gasteiger partial charge is 0.325 e. The van der Waals surface area contributed by atoms with Crippen LogP contribution in [0, 0.1) is 5.82 Å². The Morgan fingerprint density at radius 2 is 1.93 bits per heavy atom. The highest BCUT2D eigenvalue weighted by Crippen LogP contribution is 2.31. The average molecular weight is 409 g/mol. The van der Waals surface area contributed by atoms with Gasteiger partial charge in [0.15, 0.2) is 0 Å². The van der Waals surface area contributed by atoms with Crippen molar-refractivity contribution >= 4 is 17.8 Å². The molecule has 0 radical (unpaired) electrons. The quantitative estimate of drug-likeness (QED) is 0.746. The maximum Gasteiger partial charge on any atom is 0.325 e. The molecule has 1 fully saturated rings. The summed E-state index contributed by atoms with van der Waals surface area (Å²) in [6, 6.07) is 13.0. The summed E-state index contributed by atoms with van der Waals surface area (Å²) in [6.07, 6.45) is 3.11. The number of halogens is 1. The van der Waals surface area contributed by atoms with Gasteiger partial charge in [0.05, 0.1) is 0 Å². The van der Waals surface area contributed by atoms with E-state index in [4.69, 9.17) is 0 Å². The standard InChI is InChI=1S/C23H24FN3O3/c1-23(17-9-11-18(24)12-10-17)21(29)27(22(30)26-23)14-20(28)25-13-16-7-4-6-15-5-2-3-8-19(15)16/h2-3,5,8-12,16H,4,6-7,13-14H2,1H3,(H,25,28)(H,26,30). The van der Waals surface area contributed by atoms with E-state index in [1.165, 1.54) is 35.4 Å². The molecule has 1 aliphatic carbocycles. The molecule has 4 rings (SSSR count). The molecule has 7 heteroatoms. The maximum atomic E-state index is 13.2. The first-order valence-electron chi connectivity index (χ1n) is 10.1. The van der Waals surface area contributed by atoms with Gasteiger partial charge >= 0.3 is 6.03 Å². The first-order valence-corrected chi connectivity index (χ1v) is 10.1. The first kappa shape index (κ1) is 20.1. The number of carbonyl (C=O) groups is 3. The van der Waals surface area contributed by atoms with Crippen molar-refractivity contribution in [3.05, 3.63) is 71.0 Å². The molecule has 2 atom stereocenters. The zero-order valence-electron chi connectivity index (χ0n) is 16.8. The van der Waals surface area contributed by atoms with Crippen LogP contribution in [0.3, 0.4) is 0 Å². The van der Waals surface area contributed by atoms with Crippen molar-refractivity contribution in [2.75, 3.05) is 13.1 Å². The number of imide groups is 1. The minimum atomic E-state index is -1.33. The summed E-state index contributed by atoms with van der Waals surface area (Å²) in [4.78, 5) is 38.7. The van der Waals surface area contributed by atoms with Gasteiger partial charge in [0.2, 0.25) is 5.91 Å². The number of hydrogen-bond acceptors (Lipinski definition) is 3. The van der Waals surface area contributed by atoms with E-state index in [1.54, 1.807) is 6.92 Å². The van der Waals surface area contributed by atoms with E-state index in [1.807, 2.05) is 12.1 Å². The van der Waals surface area contributed by atoms with E-state index in [0.717, 1.165) is 24.2 Å². The summed E-state index contributed by atoms with van der Waals surface area (Å²) < 4.78 is 13.2. The van der Waals surface area contributed by atoms with E-state index in [9.17, 15) is 18.8 Å². The van der Waals surface area contributed by atoms with E-state index in [0.29, 0.717) is 12.1 Å². The summed E-state index contributed by atoms with van der Waals surface area (Å²) in [7, 11) is 0. The molecule has 1 saturated heterocycles. The molecule has 2 aromatic rings. The lowest BCUT2D eigenvalue weighted by Gasteiger charge is -2.26. The van der Waals surface area contributed by atoms with Crippen LogP contribution in [0.5, 0.6) is 0 Å². The molecular formula is C23H24FN3O3. The zero-order valence-corrected chi connectivity index (χ0v) is 16.8. The highest BCUT2D eigenvalue weighted by Gasteiger charge is 2.49. The Morgan fingerprint density at radius 3 is 2.70 bits per heavy atom. The summed E-state index contributed by atoms with van der Waals surface area (Å²) >= 11 is 0. The van der Waals surface area contributed by atoms with Gasteiger partial charge in [0.1, 0.15) is 17.9 Å². The molecule has 4 amide bonds. The Hall–Kier alpha value is -3.22. The Morgan fingerprint density at radius 1 is 1.20 bits per heavy atom. The van der Waals surface area contributed by atoms with Crippen LogP contribution in [0.15, 0.2) is 48.5 Å². The number of nitrogens with zero attached hydrogens (tertiary/aromatic N) is 1. The number of benzene rings is 2. The van der Waals surface area contributed by atoms with Crippen LogP contribution in [0.4, 0.5) is 9.18 Å². The molecular weight excluding hydrogens is 385 g/mol. The Balaban J connectivity index is 1.40. The lowest BCUT2D eigenvalue weighted by molar-refractivity contribution is -0.134. The summed E-state index contributed by atoms with van der Waals surface area (Å²) in [5.41, 5.74) is 1.70. The topological polar surface area (TPSA) is 78.5 Å². The molecule has 1 heterocycles. The van der Waals surface area contributed by atoms with Gasteiger partial charge in [0.25, 0.3) is 5.91 Å². The fourth-order valence-electron chi connectivity index (χ4n) is 4.32. The summed E-state index contributed by atoms with van der Waals surface area (Å²) in [6.45, 7) is 1.67. The van der Waals surface area contributed by atoms with Crippen LogP contribution in [0.1, 0.15) is 42.4 Å². The van der Waals surface area contributed by atoms with Crippen LogP contribution in [0.2, 0.25) is 0 Å². The van der Waals surface area contributed by atoms with Gasteiger partial charge in [-0.25, -0.2) is 9.18 Å². The largest absolute Gasteiger partial charge is 0.354 e. The minimum Gasteiger partial charge on any atom is -0.354 e. The molecule has 2 unspecified atom stereocenters. The van der Waals surface area contributed by atoms with Crippen molar-refractivity contribution in [2.45, 2.75) is 37.6 Å². The highest BCUT2D eigenvalue weighted by atomic mass is 19.1. The van der Waals surface area contributed by atoms with Crippen LogP contribution >= 0.6 is 0 Å². The second-order valence-corrected chi connectivity index (χ2v) is 8.05. The van der Waals surface area contributed by atoms with Crippen LogP contribution in [-0.2, 0) is 21.5 Å². The van der Waals surface area contributed by atoms with Crippen LogP contribution < -0.4 is 10.6 Å². The number of nitrogens with one attached hydrogen (secondary N) is 2. The van der Waals surface area contributed by atoms with E-state index in [-0.39, 0.29) is 18.4 Å². The monoisotopic (exact) mass is 409 g/mol. The third-order valence-electron chi connectivity index (χ3n) is 6.04. The van der Waals surface area contributed by atoms with Gasteiger partial charge in [-0.05, 0) is 55.0 Å². The fraction of sp³-hybridized carbons (Fsp3) is 0.348. The number of urea groups is 1. The van der Waals surface area contributed by atoms with E-state index in [2.05, 4.69) is 22.8 Å². The van der Waals surface area contributed by atoms with Crippen LogP contribution in [0.25, 0.3) is 0 Å². The third-order valence-corrected chi connectivity index (χ3v) is 6.04. The predicted molar refractivity (Wildman–Crippen MR) is 109 cm³/mol. The summed E-state index contributed by atoms with van der Waals surface area (Å²) in [5.74, 6) is -1.12. The Kier molecular flexibility index (Phi) is 5.28. The number of amides is 4. The summed E-state index contributed by atoms with van der Waals surface area (Å²) in [5, 5.41) is 5.50. The van der Waals surface area contributed by atoms with Gasteiger partial charge in [0, 0.05) is 12.5 Å². The molecule has 2 aliphatic rings. The SMILES string of the molecule is CC1(c2ccc(F)cc2)NC(=O)N(CC(=O)NCC2CCCc3ccccc32)C1=O. The molecule has 0 bridgehead atoms. The van der Waals surface area contributed by atoms with Gasteiger partial charge < -0.3 is 10.6 Å². The van der Waals surface area contributed by atoms with Crippen LogP contribution in [-0.4, -0.2) is 35.8 Å². The van der Waals surface area contributed by atoms with E-state index < -0.39 is 23.3 Å². The molecule has 2 N–H and O–H groups in total. The van der Waals surface area contributed by atoms with Crippen molar-refractivity contribution in [3.63, 3.8) is 0 Å². The van der Waals surface area contributed by atoms with Gasteiger partial charge in [-0.2, -0.15) is 0 Å². The lowest BCUT2D eigenvalue weighted by atomic mass is 9.83. The second-order valence-electron chi connectivity index (χ2n) is 8.05. The molecule has 0 spiro atoms. The lowest BCUT2D eigenvalue weighted by Crippen LogP contribution is -2.44. The Labute approximate surface area is 174 Å². The Bertz CT molecular complexity index is 991. The minimum absolute atomic E-state index is 0.228. The van der Waals surface area contributed by atoms with Gasteiger partial charge in [-0.15, -0.1) is 0 Å². The van der Waals surface area contributed by atoms with Crippen molar-refractivity contribution < 1.29 is 18.8 Å². The molecule has 156 valence electrons. The number of carbonyl (C=O) groups excluding carboxylic acids is 3. The molecule has 1 aliphatic heterocycles. The van der Waals surface area contributed by atoms with Gasteiger partial charge in [-0.1, -0.05) is 36.4 Å². The fourth-order valence-corrected chi connectivity index (χ4v) is 4.32. The van der Waals surface area contributed by atoms with Crippen molar-refractivity contribution in [3.8, 4) is 0 Å². The zero-order chi connectivity index (χ0) is 21.3. The third kappa shape index (κ3) is 3.67. The second kappa shape index (κ2) is 7.89. The highest BCUT2D eigenvalue weighted by molar-refractivity contribution is 6.09. The first-order chi connectivity index (χ1) is 14.4. The maximum absolute atomic E-state index is 13.2. The van der Waals surface area contributed by atoms with E-state index >= 15 is 0 Å². The molecule has 2 aromatic carbocycles. The predicted octanol–water partition coefficient (Wildman–Crippen LogP) is 2.83. The molecule has 0 saturated carbocycles. The molecule has 6 nitrogen and oxygen atoms in total. The number of aryl methyl sites for hydroxylation is 1. The van der Waals surface area contributed by atoms with Crippen molar-refractivity contribution in [2.24, 2.45) is 0 Å². The number of fused-ring (bicyclic) bond motifs is 1. The van der Waals surface area contributed by atoms with Crippen molar-refractivity contribution in [1.29, 1.82) is 0 Å². The normalized spacial score (nSPS) is 23.1. The van der Waals surface area contributed by atoms with Crippen molar-refractivity contribution in [1.82, 2.24) is 15.5 Å². The molecule has 0 aromatic heterocycles. The van der Waals surface area contributed by atoms with Gasteiger partial charge in [-0.3, -0.25) is 14.5 Å². The number of rotatable bonds is 5. The number of hydrogen-bond donors (Lipinski definition) is 2. The average Bonchev–Trinajstić information content (AvgIpc) is 2.96. The molecule has 30 heavy (non-hydrogen) atoms.